The van der Waals surface area contributed by atoms with Crippen LogP contribution in [0.4, 0.5) is 5.69 Å². The summed E-state index contributed by atoms with van der Waals surface area (Å²) in [5.41, 5.74) is 4.00. The highest BCUT2D eigenvalue weighted by atomic mass is 16.5. The van der Waals surface area contributed by atoms with Crippen LogP contribution >= 0.6 is 0 Å². The van der Waals surface area contributed by atoms with E-state index in [9.17, 15) is 4.79 Å². The Labute approximate surface area is 127 Å². The van der Waals surface area contributed by atoms with Gasteiger partial charge in [-0.05, 0) is 44.9 Å². The van der Waals surface area contributed by atoms with Crippen molar-refractivity contribution >= 4 is 11.7 Å². The van der Waals surface area contributed by atoms with E-state index >= 15 is 0 Å². The molecule has 1 saturated heterocycles. The highest BCUT2D eigenvalue weighted by molar-refractivity contribution is 5.75. The lowest BCUT2D eigenvalue weighted by Gasteiger charge is -2.38. The van der Waals surface area contributed by atoms with Gasteiger partial charge in [0.25, 0.3) is 0 Å². The van der Waals surface area contributed by atoms with Gasteiger partial charge in [-0.15, -0.1) is 0 Å². The van der Waals surface area contributed by atoms with Gasteiger partial charge in [-0.2, -0.15) is 0 Å². The Bertz CT molecular complexity index is 494. The minimum Gasteiger partial charge on any atom is -0.465 e. The van der Waals surface area contributed by atoms with E-state index < -0.39 is 0 Å². The van der Waals surface area contributed by atoms with Crippen molar-refractivity contribution in [3.05, 3.63) is 29.3 Å². The van der Waals surface area contributed by atoms with Gasteiger partial charge in [-0.1, -0.05) is 12.1 Å². The number of anilines is 1. The Kier molecular flexibility index (Phi) is 5.23. The zero-order valence-electron chi connectivity index (χ0n) is 13.6. The molecule has 0 spiro atoms. The molecule has 0 aliphatic carbocycles. The van der Waals surface area contributed by atoms with Gasteiger partial charge in [0.1, 0.15) is 6.04 Å². The maximum absolute atomic E-state index is 11.8. The van der Waals surface area contributed by atoms with E-state index in [-0.39, 0.29) is 12.0 Å². The van der Waals surface area contributed by atoms with E-state index in [1.54, 1.807) is 0 Å². The lowest BCUT2D eigenvalue weighted by Crippen LogP contribution is -2.52. The minimum atomic E-state index is -0.147. The number of hydrogen-bond acceptors (Lipinski definition) is 4. The van der Waals surface area contributed by atoms with Crippen LogP contribution in [0, 0.1) is 13.8 Å². The van der Waals surface area contributed by atoms with Gasteiger partial charge in [0, 0.05) is 31.9 Å². The SMILES string of the molecule is CCOC(=O)C(C)N1CCN(c2cccc(C)c2C)CC1. The zero-order valence-corrected chi connectivity index (χ0v) is 13.6. The molecule has 0 N–H and O–H groups in total. The second kappa shape index (κ2) is 6.94. The standard InChI is InChI=1S/C17H26N2O2/c1-5-21-17(20)15(4)18-9-11-19(12-10-18)16-8-6-7-13(2)14(16)3/h6-8,15H,5,9-12H2,1-4H3. The van der Waals surface area contributed by atoms with Crippen molar-refractivity contribution in [1.82, 2.24) is 4.90 Å². The van der Waals surface area contributed by atoms with E-state index in [0.29, 0.717) is 6.61 Å². The summed E-state index contributed by atoms with van der Waals surface area (Å²) in [6, 6.07) is 6.31. The molecular weight excluding hydrogens is 264 g/mol. The van der Waals surface area contributed by atoms with Gasteiger partial charge >= 0.3 is 5.97 Å². The van der Waals surface area contributed by atoms with Crippen LogP contribution < -0.4 is 4.90 Å². The molecule has 0 aromatic heterocycles. The van der Waals surface area contributed by atoms with Crippen LogP contribution in [0.2, 0.25) is 0 Å². The van der Waals surface area contributed by atoms with E-state index in [1.807, 2.05) is 13.8 Å². The van der Waals surface area contributed by atoms with Crippen molar-refractivity contribution in [2.75, 3.05) is 37.7 Å². The third-order valence-electron chi connectivity index (χ3n) is 4.41. The van der Waals surface area contributed by atoms with Crippen LogP contribution in [-0.2, 0) is 9.53 Å². The van der Waals surface area contributed by atoms with Crippen LogP contribution in [-0.4, -0.2) is 49.7 Å². The number of nitrogens with zero attached hydrogens (tertiary/aromatic N) is 2. The summed E-state index contributed by atoms with van der Waals surface area (Å²) < 4.78 is 5.11. The average Bonchev–Trinajstić information content (AvgIpc) is 2.50. The predicted molar refractivity (Wildman–Crippen MR) is 85.8 cm³/mol. The Morgan fingerprint density at radius 3 is 2.52 bits per heavy atom. The second-order valence-electron chi connectivity index (χ2n) is 5.67. The third-order valence-corrected chi connectivity index (χ3v) is 4.41. The van der Waals surface area contributed by atoms with Crippen molar-refractivity contribution < 1.29 is 9.53 Å². The molecule has 116 valence electrons. The highest BCUT2D eigenvalue weighted by Gasteiger charge is 2.26. The Balaban J connectivity index is 1.97. The molecule has 0 saturated carbocycles. The van der Waals surface area contributed by atoms with Gasteiger partial charge in [-0.25, -0.2) is 0 Å². The quantitative estimate of drug-likeness (QED) is 0.797. The van der Waals surface area contributed by atoms with Crippen molar-refractivity contribution in [2.45, 2.75) is 33.7 Å². The first kappa shape index (κ1) is 15.8. The van der Waals surface area contributed by atoms with Crippen molar-refractivity contribution in [3.63, 3.8) is 0 Å². The van der Waals surface area contributed by atoms with Crippen LogP contribution in [0.5, 0.6) is 0 Å². The van der Waals surface area contributed by atoms with Gasteiger partial charge in [-0.3, -0.25) is 9.69 Å². The van der Waals surface area contributed by atoms with E-state index in [4.69, 9.17) is 4.74 Å². The van der Waals surface area contributed by atoms with Crippen molar-refractivity contribution in [2.24, 2.45) is 0 Å². The lowest BCUT2D eigenvalue weighted by molar-refractivity contribution is -0.149. The Hall–Kier alpha value is -1.55. The molecule has 0 amide bonds. The molecule has 1 aromatic rings. The van der Waals surface area contributed by atoms with Gasteiger partial charge < -0.3 is 9.64 Å². The first-order valence-corrected chi connectivity index (χ1v) is 7.76. The second-order valence-corrected chi connectivity index (χ2v) is 5.67. The molecular formula is C17H26N2O2. The van der Waals surface area contributed by atoms with Gasteiger partial charge in [0.15, 0.2) is 0 Å². The molecule has 1 fully saturated rings. The number of piperazine rings is 1. The molecule has 0 bridgehead atoms. The summed E-state index contributed by atoms with van der Waals surface area (Å²) in [6.45, 7) is 12.3. The number of carbonyl (C=O) groups excluding carboxylic acids is 1. The molecule has 4 heteroatoms. The monoisotopic (exact) mass is 290 g/mol. The number of aryl methyl sites for hydroxylation is 1. The van der Waals surface area contributed by atoms with Crippen LogP contribution in [0.3, 0.4) is 0 Å². The maximum atomic E-state index is 11.8. The Morgan fingerprint density at radius 2 is 1.90 bits per heavy atom. The van der Waals surface area contributed by atoms with Crippen LogP contribution in [0.15, 0.2) is 18.2 Å². The molecule has 4 nitrogen and oxygen atoms in total. The third kappa shape index (κ3) is 3.56. The minimum absolute atomic E-state index is 0.113. The maximum Gasteiger partial charge on any atom is 0.323 e. The molecule has 1 aliphatic heterocycles. The number of ether oxygens (including phenoxy) is 1. The lowest BCUT2D eigenvalue weighted by atomic mass is 10.1. The van der Waals surface area contributed by atoms with Gasteiger partial charge in [0.2, 0.25) is 0 Å². The van der Waals surface area contributed by atoms with E-state index in [2.05, 4.69) is 41.8 Å². The zero-order chi connectivity index (χ0) is 15.4. The number of esters is 1. The number of benzene rings is 1. The fourth-order valence-electron chi connectivity index (χ4n) is 2.84. The Morgan fingerprint density at radius 1 is 1.24 bits per heavy atom. The number of carbonyl (C=O) groups is 1. The average molecular weight is 290 g/mol. The van der Waals surface area contributed by atoms with Crippen LogP contribution in [0.1, 0.15) is 25.0 Å². The number of rotatable bonds is 4. The highest BCUT2D eigenvalue weighted by Crippen LogP contribution is 2.24. The van der Waals surface area contributed by atoms with Gasteiger partial charge in [0.05, 0.1) is 6.61 Å². The molecule has 1 unspecified atom stereocenters. The molecule has 0 radical (unpaired) electrons. The first-order chi connectivity index (χ1) is 10.0. The summed E-state index contributed by atoms with van der Waals surface area (Å²) in [7, 11) is 0. The predicted octanol–water partition coefficient (Wildman–Crippen LogP) is 2.38. The normalized spacial score (nSPS) is 17.6. The van der Waals surface area contributed by atoms with E-state index in [0.717, 1.165) is 26.2 Å². The van der Waals surface area contributed by atoms with Crippen molar-refractivity contribution in [3.8, 4) is 0 Å². The van der Waals surface area contributed by atoms with Crippen molar-refractivity contribution in [1.29, 1.82) is 0 Å². The molecule has 1 aliphatic rings. The van der Waals surface area contributed by atoms with Crippen LogP contribution in [0.25, 0.3) is 0 Å². The molecule has 1 heterocycles. The molecule has 1 atom stereocenters. The molecule has 2 rings (SSSR count). The summed E-state index contributed by atoms with van der Waals surface area (Å²) in [5.74, 6) is -0.113. The topological polar surface area (TPSA) is 32.8 Å². The summed E-state index contributed by atoms with van der Waals surface area (Å²) in [5, 5.41) is 0. The smallest absolute Gasteiger partial charge is 0.323 e. The summed E-state index contributed by atoms with van der Waals surface area (Å²) in [4.78, 5) is 16.4. The molecule has 1 aromatic carbocycles. The summed E-state index contributed by atoms with van der Waals surface area (Å²) >= 11 is 0. The fraction of sp³-hybridized carbons (Fsp3) is 0.588. The molecule has 21 heavy (non-hydrogen) atoms. The first-order valence-electron chi connectivity index (χ1n) is 7.76. The summed E-state index contributed by atoms with van der Waals surface area (Å²) in [6.07, 6.45) is 0. The number of hydrogen-bond donors (Lipinski definition) is 0. The largest absolute Gasteiger partial charge is 0.465 e. The fourth-order valence-corrected chi connectivity index (χ4v) is 2.84. The van der Waals surface area contributed by atoms with E-state index in [1.165, 1.54) is 16.8 Å².